The van der Waals surface area contributed by atoms with Gasteiger partial charge in [-0.1, -0.05) is 12.1 Å². The summed E-state index contributed by atoms with van der Waals surface area (Å²) in [5.74, 6) is 0.354. The lowest BCUT2D eigenvalue weighted by Crippen LogP contribution is -2.45. The van der Waals surface area contributed by atoms with Gasteiger partial charge in [0.2, 0.25) is 0 Å². The molecule has 0 radical (unpaired) electrons. The van der Waals surface area contributed by atoms with Crippen molar-refractivity contribution in [2.45, 2.75) is 12.6 Å². The Morgan fingerprint density at radius 1 is 1.47 bits per heavy atom. The number of alkyl halides is 1. The van der Waals surface area contributed by atoms with Crippen molar-refractivity contribution in [1.29, 1.82) is 0 Å². The number of hydrogen-bond donors (Lipinski definition) is 1. The maximum absolute atomic E-state index is 11.7. The summed E-state index contributed by atoms with van der Waals surface area (Å²) in [6, 6.07) is 6.80. The third-order valence-electron chi connectivity index (χ3n) is 2.22. The number of carbonyl (C=O) groups excluding carboxylic acids is 1. The topological polar surface area (TPSA) is 49.8 Å². The summed E-state index contributed by atoms with van der Waals surface area (Å²) < 4.78 is 5.43. The molecule has 0 aromatic heterocycles. The molecule has 1 aromatic rings. The van der Waals surface area contributed by atoms with Gasteiger partial charge >= 0.3 is 0 Å². The second kappa shape index (κ2) is 4.08. The quantitative estimate of drug-likeness (QED) is 0.620. The number of halogens is 1. The first-order valence-corrected chi connectivity index (χ1v) is 5.11. The number of amides is 1. The number of benzene rings is 1. The summed E-state index contributed by atoms with van der Waals surface area (Å²) >= 11 is 5.55. The minimum atomic E-state index is -0.690. The molecule has 0 spiro atoms. The molecule has 2 rings (SSSR count). The number of ether oxygens (including phenoxy) is 1. The van der Waals surface area contributed by atoms with E-state index in [1.54, 1.807) is 24.3 Å². The van der Waals surface area contributed by atoms with Crippen molar-refractivity contribution in [2.24, 2.45) is 0 Å². The first-order chi connectivity index (χ1) is 7.24. The van der Waals surface area contributed by atoms with Gasteiger partial charge in [0.05, 0.1) is 5.56 Å². The van der Waals surface area contributed by atoms with E-state index in [9.17, 15) is 10.0 Å². The van der Waals surface area contributed by atoms with Gasteiger partial charge in [-0.25, -0.2) is 0 Å². The fourth-order valence-corrected chi connectivity index (χ4v) is 1.66. The molecule has 1 aliphatic heterocycles. The Morgan fingerprint density at radius 3 is 2.93 bits per heavy atom. The van der Waals surface area contributed by atoms with Crippen LogP contribution in [0.3, 0.4) is 0 Å². The third-order valence-corrected chi connectivity index (χ3v) is 2.44. The molecule has 0 saturated carbocycles. The second-order valence-electron chi connectivity index (χ2n) is 3.20. The van der Waals surface area contributed by atoms with Crippen molar-refractivity contribution < 1.29 is 14.7 Å². The normalized spacial score (nSPS) is 19.7. The van der Waals surface area contributed by atoms with Gasteiger partial charge in [0, 0.05) is 12.3 Å². The fourth-order valence-electron chi connectivity index (χ4n) is 1.47. The van der Waals surface area contributed by atoms with Crippen LogP contribution in [-0.4, -0.2) is 28.3 Å². The van der Waals surface area contributed by atoms with Crippen molar-refractivity contribution in [1.82, 2.24) is 5.06 Å². The van der Waals surface area contributed by atoms with Gasteiger partial charge in [0.1, 0.15) is 5.75 Å². The van der Waals surface area contributed by atoms with Crippen LogP contribution in [0, 0.1) is 0 Å². The Hall–Kier alpha value is -1.26. The van der Waals surface area contributed by atoms with E-state index in [1.165, 1.54) is 0 Å². The number of para-hydroxylation sites is 1. The summed E-state index contributed by atoms with van der Waals surface area (Å²) in [4.78, 5) is 11.7. The highest BCUT2D eigenvalue weighted by molar-refractivity contribution is 6.17. The molecular formula is C10H10ClNO3. The third kappa shape index (κ3) is 1.78. The smallest absolute Gasteiger partial charge is 0.284 e. The molecule has 1 amide bonds. The van der Waals surface area contributed by atoms with Crippen molar-refractivity contribution >= 4 is 17.5 Å². The van der Waals surface area contributed by atoms with E-state index < -0.39 is 12.1 Å². The van der Waals surface area contributed by atoms with Crippen LogP contribution < -0.4 is 4.74 Å². The number of hydrogen-bond acceptors (Lipinski definition) is 3. The second-order valence-corrected chi connectivity index (χ2v) is 3.57. The molecule has 0 unspecified atom stereocenters. The molecule has 0 aliphatic carbocycles. The highest BCUT2D eigenvalue weighted by Crippen LogP contribution is 2.27. The Bertz CT molecular complexity index is 383. The number of nitrogens with zero attached hydrogens (tertiary/aromatic N) is 1. The summed E-state index contributed by atoms with van der Waals surface area (Å²) in [5, 5.41) is 10.1. The molecule has 1 atom stereocenters. The zero-order chi connectivity index (χ0) is 10.8. The average Bonchev–Trinajstić information content (AvgIpc) is 2.26. The van der Waals surface area contributed by atoms with Crippen LogP contribution in [0.2, 0.25) is 0 Å². The number of hydroxylamine groups is 2. The molecule has 1 heterocycles. The maximum Gasteiger partial charge on any atom is 0.284 e. The standard InChI is InChI=1S/C10H10ClNO3/c11-6-5-9-12(14)10(13)7-3-1-2-4-8(7)15-9/h1-4,9,14H,5-6H2/t9-/m1/s1. The van der Waals surface area contributed by atoms with E-state index in [4.69, 9.17) is 16.3 Å². The highest BCUT2D eigenvalue weighted by atomic mass is 35.5. The van der Waals surface area contributed by atoms with Gasteiger partial charge in [0.15, 0.2) is 6.23 Å². The number of fused-ring (bicyclic) bond motifs is 1. The first-order valence-electron chi connectivity index (χ1n) is 4.58. The number of rotatable bonds is 2. The SMILES string of the molecule is O=C1c2ccccc2O[C@H](CCCl)N1O. The number of carbonyl (C=O) groups is 1. The van der Waals surface area contributed by atoms with Crippen LogP contribution >= 0.6 is 11.6 Å². The van der Waals surface area contributed by atoms with Crippen molar-refractivity contribution in [3.8, 4) is 5.75 Å². The Morgan fingerprint density at radius 2 is 2.20 bits per heavy atom. The van der Waals surface area contributed by atoms with Crippen LogP contribution in [0.4, 0.5) is 0 Å². The molecule has 1 N–H and O–H groups in total. The fraction of sp³-hybridized carbons (Fsp3) is 0.300. The van der Waals surface area contributed by atoms with E-state index in [-0.39, 0.29) is 0 Å². The summed E-state index contributed by atoms with van der Waals surface area (Å²) in [6.45, 7) is 0. The lowest BCUT2D eigenvalue weighted by atomic mass is 10.1. The molecule has 4 nitrogen and oxygen atoms in total. The van der Waals surface area contributed by atoms with Crippen LogP contribution in [0.5, 0.6) is 5.75 Å². The first kappa shape index (κ1) is 10.3. The highest BCUT2D eigenvalue weighted by Gasteiger charge is 2.32. The van der Waals surface area contributed by atoms with Crippen LogP contribution in [0.1, 0.15) is 16.8 Å². The van der Waals surface area contributed by atoms with Crippen molar-refractivity contribution in [3.05, 3.63) is 29.8 Å². The van der Waals surface area contributed by atoms with E-state index in [1.807, 2.05) is 0 Å². The van der Waals surface area contributed by atoms with Crippen LogP contribution in [0.15, 0.2) is 24.3 Å². The molecule has 80 valence electrons. The predicted octanol–water partition coefficient (Wildman–Crippen LogP) is 1.87. The Kier molecular flexibility index (Phi) is 2.79. The van der Waals surface area contributed by atoms with E-state index in [0.717, 1.165) is 0 Å². The van der Waals surface area contributed by atoms with Gasteiger partial charge in [-0.2, -0.15) is 5.06 Å². The molecule has 5 heteroatoms. The average molecular weight is 228 g/mol. The Labute approximate surface area is 92.0 Å². The van der Waals surface area contributed by atoms with Gasteiger partial charge in [-0.3, -0.25) is 10.0 Å². The monoisotopic (exact) mass is 227 g/mol. The van der Waals surface area contributed by atoms with Gasteiger partial charge in [-0.05, 0) is 12.1 Å². The zero-order valence-electron chi connectivity index (χ0n) is 7.89. The lowest BCUT2D eigenvalue weighted by molar-refractivity contribution is -0.154. The van der Waals surface area contributed by atoms with E-state index in [0.29, 0.717) is 28.7 Å². The van der Waals surface area contributed by atoms with E-state index in [2.05, 4.69) is 0 Å². The van der Waals surface area contributed by atoms with Crippen LogP contribution in [-0.2, 0) is 0 Å². The Balaban J connectivity index is 2.32. The molecule has 0 bridgehead atoms. The van der Waals surface area contributed by atoms with Crippen molar-refractivity contribution in [2.75, 3.05) is 5.88 Å². The summed E-state index contributed by atoms with van der Waals surface area (Å²) in [5.41, 5.74) is 0.367. The van der Waals surface area contributed by atoms with Crippen molar-refractivity contribution in [3.63, 3.8) is 0 Å². The minimum Gasteiger partial charge on any atom is -0.467 e. The van der Waals surface area contributed by atoms with Gasteiger partial charge in [-0.15, -0.1) is 11.6 Å². The minimum absolute atomic E-state index is 0.317. The van der Waals surface area contributed by atoms with Crippen LogP contribution in [0.25, 0.3) is 0 Å². The molecule has 1 aliphatic rings. The van der Waals surface area contributed by atoms with Gasteiger partial charge < -0.3 is 4.74 Å². The molecule has 1 aromatic carbocycles. The summed E-state index contributed by atoms with van der Waals surface area (Å²) in [7, 11) is 0. The largest absolute Gasteiger partial charge is 0.467 e. The maximum atomic E-state index is 11.7. The molecule has 0 fully saturated rings. The van der Waals surface area contributed by atoms with Gasteiger partial charge in [0.25, 0.3) is 5.91 Å². The van der Waals surface area contributed by atoms with E-state index >= 15 is 0 Å². The summed E-state index contributed by atoms with van der Waals surface area (Å²) in [6.07, 6.45) is -0.303. The zero-order valence-corrected chi connectivity index (χ0v) is 8.65. The predicted molar refractivity (Wildman–Crippen MR) is 54.2 cm³/mol. The molecule has 0 saturated heterocycles. The molecule has 15 heavy (non-hydrogen) atoms. The molecular weight excluding hydrogens is 218 g/mol. The lowest BCUT2D eigenvalue weighted by Gasteiger charge is -2.31.